The molecule has 2 fully saturated rings. The molecular weight excluding hydrogens is 438 g/mol. The van der Waals surface area contributed by atoms with Gasteiger partial charge in [-0.05, 0) is 41.8 Å². The van der Waals surface area contributed by atoms with E-state index in [1.165, 1.54) is 0 Å². The molecule has 4 N–H and O–H groups in total. The minimum atomic E-state index is -0.778. The third-order valence-corrected chi connectivity index (χ3v) is 6.38. The molecule has 0 bridgehead atoms. The van der Waals surface area contributed by atoms with Crippen molar-refractivity contribution in [3.05, 3.63) is 58.1 Å². The average Bonchev–Trinajstić information content (AvgIpc) is 3.17. The molecule has 29 heavy (non-hydrogen) atoms. The lowest BCUT2D eigenvalue weighted by Crippen LogP contribution is -2.53. The first-order valence-corrected chi connectivity index (χ1v) is 10.3. The van der Waals surface area contributed by atoms with E-state index in [0.29, 0.717) is 17.9 Å². The fourth-order valence-corrected chi connectivity index (χ4v) is 4.69. The Balaban J connectivity index is 1.61. The van der Waals surface area contributed by atoms with Gasteiger partial charge in [0, 0.05) is 16.4 Å². The zero-order chi connectivity index (χ0) is 20.5. The summed E-state index contributed by atoms with van der Waals surface area (Å²) in [6.45, 7) is 0. The topological polar surface area (TPSA) is 91.9 Å². The van der Waals surface area contributed by atoms with E-state index < -0.39 is 11.9 Å². The SMILES string of the molecule is COc1ccc(C2CC(C(=O)O)C3C(NNC3c3ccc(Br)cc3)N2)cc1OC. The summed E-state index contributed by atoms with van der Waals surface area (Å²) in [6, 6.07) is 13.5. The van der Waals surface area contributed by atoms with Gasteiger partial charge in [-0.25, -0.2) is 10.9 Å². The summed E-state index contributed by atoms with van der Waals surface area (Å²) in [5.41, 5.74) is 8.60. The highest BCUT2D eigenvalue weighted by Gasteiger charge is 2.49. The molecule has 0 spiro atoms. The molecule has 0 saturated carbocycles. The third-order valence-electron chi connectivity index (χ3n) is 5.86. The molecule has 7 nitrogen and oxygen atoms in total. The van der Waals surface area contributed by atoms with Crippen LogP contribution < -0.4 is 25.6 Å². The molecule has 0 amide bonds. The number of piperidine rings is 1. The van der Waals surface area contributed by atoms with Crippen molar-refractivity contribution in [2.45, 2.75) is 24.7 Å². The zero-order valence-electron chi connectivity index (χ0n) is 16.2. The highest BCUT2D eigenvalue weighted by atomic mass is 79.9. The van der Waals surface area contributed by atoms with E-state index in [9.17, 15) is 9.90 Å². The number of carboxylic acids is 1. The number of rotatable bonds is 5. The van der Waals surface area contributed by atoms with Crippen LogP contribution in [0, 0.1) is 11.8 Å². The molecule has 154 valence electrons. The van der Waals surface area contributed by atoms with E-state index in [4.69, 9.17) is 9.47 Å². The fourth-order valence-electron chi connectivity index (χ4n) is 4.42. The molecule has 2 aliphatic rings. The van der Waals surface area contributed by atoms with E-state index in [0.717, 1.165) is 15.6 Å². The Labute approximate surface area is 177 Å². The summed E-state index contributed by atoms with van der Waals surface area (Å²) in [7, 11) is 3.19. The van der Waals surface area contributed by atoms with Crippen LogP contribution in [-0.2, 0) is 4.79 Å². The van der Waals surface area contributed by atoms with Crippen molar-refractivity contribution < 1.29 is 19.4 Å². The molecule has 0 aliphatic carbocycles. The molecule has 5 atom stereocenters. The first kappa shape index (κ1) is 20.2. The van der Waals surface area contributed by atoms with Gasteiger partial charge in [0.05, 0.1) is 32.3 Å². The second kappa shape index (κ2) is 8.31. The van der Waals surface area contributed by atoms with Gasteiger partial charge in [-0.2, -0.15) is 0 Å². The lowest BCUT2D eigenvalue weighted by molar-refractivity contribution is -0.146. The van der Waals surface area contributed by atoms with Gasteiger partial charge in [-0.3, -0.25) is 10.1 Å². The first-order chi connectivity index (χ1) is 14.0. The van der Waals surface area contributed by atoms with Crippen molar-refractivity contribution in [1.29, 1.82) is 0 Å². The van der Waals surface area contributed by atoms with Gasteiger partial charge in [-0.1, -0.05) is 34.1 Å². The van der Waals surface area contributed by atoms with Crippen molar-refractivity contribution in [2.75, 3.05) is 14.2 Å². The Morgan fingerprint density at radius 2 is 1.72 bits per heavy atom. The van der Waals surface area contributed by atoms with Crippen LogP contribution in [0.25, 0.3) is 0 Å². The molecule has 2 heterocycles. The maximum atomic E-state index is 12.2. The number of aliphatic carboxylic acids is 1. The molecule has 2 saturated heterocycles. The molecule has 5 unspecified atom stereocenters. The summed E-state index contributed by atoms with van der Waals surface area (Å²) in [6.07, 6.45) is 0.319. The Hall–Kier alpha value is -2.13. The van der Waals surface area contributed by atoms with Crippen molar-refractivity contribution in [1.82, 2.24) is 16.2 Å². The number of fused-ring (bicyclic) bond motifs is 1. The molecule has 2 aromatic carbocycles. The van der Waals surface area contributed by atoms with Gasteiger partial charge >= 0.3 is 5.97 Å². The van der Waals surface area contributed by atoms with Crippen LogP contribution in [-0.4, -0.2) is 31.5 Å². The van der Waals surface area contributed by atoms with Crippen molar-refractivity contribution in [3.63, 3.8) is 0 Å². The van der Waals surface area contributed by atoms with Crippen LogP contribution in [0.2, 0.25) is 0 Å². The monoisotopic (exact) mass is 461 g/mol. The van der Waals surface area contributed by atoms with Crippen LogP contribution in [0.5, 0.6) is 11.5 Å². The number of hydrogen-bond acceptors (Lipinski definition) is 6. The summed E-state index contributed by atoms with van der Waals surface area (Å²) in [4.78, 5) is 12.2. The van der Waals surface area contributed by atoms with Gasteiger partial charge in [-0.15, -0.1) is 0 Å². The van der Waals surface area contributed by atoms with E-state index in [1.54, 1.807) is 14.2 Å². The number of benzene rings is 2. The Morgan fingerprint density at radius 1 is 1.03 bits per heavy atom. The molecule has 8 heteroatoms. The summed E-state index contributed by atoms with van der Waals surface area (Å²) >= 11 is 3.45. The lowest BCUT2D eigenvalue weighted by Gasteiger charge is -2.39. The van der Waals surface area contributed by atoms with Crippen LogP contribution in [0.4, 0.5) is 0 Å². The van der Waals surface area contributed by atoms with Gasteiger partial charge in [0.2, 0.25) is 0 Å². The van der Waals surface area contributed by atoms with E-state index in [2.05, 4.69) is 32.1 Å². The van der Waals surface area contributed by atoms with Crippen LogP contribution in [0.3, 0.4) is 0 Å². The fraction of sp³-hybridized carbons (Fsp3) is 0.381. The number of ether oxygens (including phenoxy) is 2. The third kappa shape index (κ3) is 3.85. The second-order valence-corrected chi connectivity index (χ2v) is 8.30. The Kier molecular flexibility index (Phi) is 5.78. The number of methoxy groups -OCH3 is 2. The van der Waals surface area contributed by atoms with Gasteiger partial charge < -0.3 is 14.6 Å². The largest absolute Gasteiger partial charge is 0.493 e. The lowest BCUT2D eigenvalue weighted by atomic mass is 9.75. The molecule has 2 aromatic rings. The number of hydrogen-bond donors (Lipinski definition) is 4. The normalized spacial score (nSPS) is 28.6. The summed E-state index contributed by atoms with van der Waals surface area (Å²) < 4.78 is 11.7. The second-order valence-electron chi connectivity index (χ2n) is 7.39. The van der Waals surface area contributed by atoms with Crippen molar-refractivity contribution in [3.8, 4) is 11.5 Å². The zero-order valence-corrected chi connectivity index (χ0v) is 17.8. The van der Waals surface area contributed by atoms with E-state index in [-0.39, 0.29) is 24.2 Å². The smallest absolute Gasteiger partial charge is 0.307 e. The minimum absolute atomic E-state index is 0.0898. The summed E-state index contributed by atoms with van der Waals surface area (Å²) in [5.74, 6) is -0.123. The van der Waals surface area contributed by atoms with Crippen molar-refractivity contribution >= 4 is 21.9 Å². The maximum Gasteiger partial charge on any atom is 0.307 e. The van der Waals surface area contributed by atoms with Crippen molar-refractivity contribution in [2.24, 2.45) is 11.8 Å². The first-order valence-electron chi connectivity index (χ1n) is 9.49. The highest BCUT2D eigenvalue weighted by Crippen LogP contribution is 2.43. The predicted molar refractivity (Wildman–Crippen MR) is 112 cm³/mol. The maximum absolute atomic E-state index is 12.2. The number of hydrazine groups is 1. The Morgan fingerprint density at radius 3 is 2.38 bits per heavy atom. The average molecular weight is 462 g/mol. The van der Waals surface area contributed by atoms with E-state index >= 15 is 0 Å². The molecule has 2 aliphatic heterocycles. The van der Waals surface area contributed by atoms with Crippen LogP contribution >= 0.6 is 15.9 Å². The molecule has 0 radical (unpaired) electrons. The van der Waals surface area contributed by atoms with Gasteiger partial charge in [0.15, 0.2) is 11.5 Å². The quantitative estimate of drug-likeness (QED) is 0.543. The van der Waals surface area contributed by atoms with Crippen LogP contribution in [0.1, 0.15) is 29.6 Å². The highest BCUT2D eigenvalue weighted by molar-refractivity contribution is 9.10. The Bertz CT molecular complexity index is 892. The summed E-state index contributed by atoms with van der Waals surface area (Å²) in [5, 5.41) is 13.6. The van der Waals surface area contributed by atoms with Gasteiger partial charge in [0.1, 0.15) is 0 Å². The minimum Gasteiger partial charge on any atom is -0.493 e. The number of carboxylic acid groups (broad SMARTS) is 1. The number of carbonyl (C=O) groups is 1. The van der Waals surface area contributed by atoms with Gasteiger partial charge in [0.25, 0.3) is 0 Å². The predicted octanol–water partition coefficient (Wildman–Crippen LogP) is 2.99. The number of nitrogens with one attached hydrogen (secondary N) is 3. The standard InChI is InChI=1S/C21H24BrN3O4/c1-28-16-8-5-12(9-17(16)29-2)15-10-14(21(26)27)18-19(24-25-20(18)23-15)11-3-6-13(22)7-4-11/h3-9,14-15,18-20,23-25H,10H2,1-2H3,(H,26,27). The van der Waals surface area contributed by atoms with E-state index in [1.807, 2.05) is 42.5 Å². The number of halogens is 1. The molecule has 4 rings (SSSR count). The molecule has 0 aromatic heterocycles. The molecular formula is C21H24BrN3O4. The van der Waals surface area contributed by atoms with Crippen LogP contribution in [0.15, 0.2) is 46.9 Å².